The number of carboxylic acids is 1. The molecule has 0 unspecified atom stereocenters. The van der Waals surface area contributed by atoms with Gasteiger partial charge in [-0.25, -0.2) is 9.78 Å². The topological polar surface area (TPSA) is 66.0 Å². The average molecular weight is 211 g/mol. The maximum atomic E-state index is 10.8. The summed E-state index contributed by atoms with van der Waals surface area (Å²) in [6.45, 7) is 0. The minimum absolute atomic E-state index is 0.143. The minimum atomic E-state index is -0.981. The molecule has 1 aromatic carbocycles. The summed E-state index contributed by atoms with van der Waals surface area (Å²) in [5.74, 6) is -0.838. The van der Waals surface area contributed by atoms with Gasteiger partial charge in [-0.1, -0.05) is 0 Å². The average Bonchev–Trinajstić information content (AvgIpc) is 2.63. The summed E-state index contributed by atoms with van der Waals surface area (Å²) in [7, 11) is 0. The predicted octanol–water partition coefficient (Wildman–Crippen LogP) is 2.00. The van der Waals surface area contributed by atoms with Gasteiger partial charge in [0.15, 0.2) is 0 Å². The number of halogens is 1. The molecule has 0 spiro atoms. The van der Waals surface area contributed by atoms with Crippen LogP contribution in [0.4, 0.5) is 0 Å². The summed E-state index contributed by atoms with van der Waals surface area (Å²) in [6, 6.07) is 3.21. The molecular weight excluding hydrogens is 204 g/mol. The zero-order valence-corrected chi connectivity index (χ0v) is 7.88. The van der Waals surface area contributed by atoms with Gasteiger partial charge in [0.1, 0.15) is 0 Å². The number of alkyl halides is 1. The summed E-state index contributed by atoms with van der Waals surface area (Å²) in [5, 5.41) is 8.90. The van der Waals surface area contributed by atoms with E-state index in [-0.39, 0.29) is 11.4 Å². The summed E-state index contributed by atoms with van der Waals surface area (Å²) in [5.41, 5.74) is 2.18. The van der Waals surface area contributed by atoms with E-state index in [2.05, 4.69) is 9.97 Å². The lowest BCUT2D eigenvalue weighted by molar-refractivity contribution is 0.0696. The molecule has 2 rings (SSSR count). The quantitative estimate of drug-likeness (QED) is 0.745. The first-order valence-electron chi connectivity index (χ1n) is 3.98. The van der Waals surface area contributed by atoms with Gasteiger partial charge < -0.3 is 10.1 Å². The van der Waals surface area contributed by atoms with Gasteiger partial charge in [-0.3, -0.25) is 0 Å². The lowest BCUT2D eigenvalue weighted by Gasteiger charge is -2.02. The molecule has 2 aromatic rings. The number of aromatic carboxylic acids is 1. The lowest BCUT2D eigenvalue weighted by atomic mass is 10.1. The molecule has 1 aromatic heterocycles. The highest BCUT2D eigenvalue weighted by Gasteiger charge is 2.13. The third kappa shape index (κ3) is 1.24. The molecule has 72 valence electrons. The second-order valence-corrected chi connectivity index (χ2v) is 3.10. The standard InChI is InChI=1S/C9H7ClN2O2/c10-3-6-5(9(13)14)1-2-7-8(6)12-4-11-7/h1-2,4H,3H2,(H,11,12)(H,13,14). The minimum Gasteiger partial charge on any atom is -0.478 e. The first kappa shape index (κ1) is 9.02. The SMILES string of the molecule is O=C(O)c1ccc2[nH]cnc2c1CCl. The maximum absolute atomic E-state index is 10.8. The van der Waals surface area contributed by atoms with Gasteiger partial charge in [0, 0.05) is 5.56 Å². The van der Waals surface area contributed by atoms with Crippen molar-refractivity contribution in [1.29, 1.82) is 0 Å². The number of hydrogen-bond acceptors (Lipinski definition) is 2. The Morgan fingerprint density at radius 2 is 2.36 bits per heavy atom. The van der Waals surface area contributed by atoms with Crippen molar-refractivity contribution in [2.45, 2.75) is 5.88 Å². The Balaban J connectivity index is 2.78. The number of rotatable bonds is 2. The van der Waals surface area contributed by atoms with Gasteiger partial charge in [0.25, 0.3) is 0 Å². The smallest absolute Gasteiger partial charge is 0.336 e. The number of benzene rings is 1. The van der Waals surface area contributed by atoms with Crippen LogP contribution in [0, 0.1) is 0 Å². The van der Waals surface area contributed by atoms with Crippen molar-refractivity contribution in [2.24, 2.45) is 0 Å². The number of carbonyl (C=O) groups is 1. The maximum Gasteiger partial charge on any atom is 0.336 e. The third-order valence-electron chi connectivity index (χ3n) is 2.06. The van der Waals surface area contributed by atoms with E-state index in [1.54, 1.807) is 6.07 Å². The largest absolute Gasteiger partial charge is 0.478 e. The van der Waals surface area contributed by atoms with Gasteiger partial charge in [0.2, 0.25) is 0 Å². The van der Waals surface area contributed by atoms with Crippen molar-refractivity contribution in [1.82, 2.24) is 9.97 Å². The summed E-state index contributed by atoms with van der Waals surface area (Å²) < 4.78 is 0. The van der Waals surface area contributed by atoms with Crippen LogP contribution in [0.5, 0.6) is 0 Å². The zero-order chi connectivity index (χ0) is 10.1. The summed E-state index contributed by atoms with van der Waals surface area (Å²) in [6.07, 6.45) is 1.52. The van der Waals surface area contributed by atoms with Gasteiger partial charge in [-0.05, 0) is 12.1 Å². The zero-order valence-electron chi connectivity index (χ0n) is 7.12. The number of hydrogen-bond donors (Lipinski definition) is 2. The highest BCUT2D eigenvalue weighted by molar-refractivity contribution is 6.18. The van der Waals surface area contributed by atoms with Crippen molar-refractivity contribution >= 4 is 28.6 Å². The van der Waals surface area contributed by atoms with E-state index in [1.165, 1.54) is 12.4 Å². The molecule has 14 heavy (non-hydrogen) atoms. The molecule has 0 bridgehead atoms. The van der Waals surface area contributed by atoms with Gasteiger partial charge >= 0.3 is 5.97 Å². The fourth-order valence-corrected chi connectivity index (χ4v) is 1.67. The molecule has 0 amide bonds. The van der Waals surface area contributed by atoms with Crippen molar-refractivity contribution in [3.05, 3.63) is 29.6 Å². The molecule has 0 aliphatic rings. The normalized spacial score (nSPS) is 10.6. The van der Waals surface area contributed by atoms with Crippen molar-refractivity contribution in [2.75, 3.05) is 0 Å². The second kappa shape index (κ2) is 3.31. The van der Waals surface area contributed by atoms with Crippen LogP contribution in [0.2, 0.25) is 0 Å². The Kier molecular flexibility index (Phi) is 2.13. The Hall–Kier alpha value is -1.55. The number of nitrogens with zero attached hydrogens (tertiary/aromatic N) is 1. The van der Waals surface area contributed by atoms with E-state index in [0.29, 0.717) is 11.1 Å². The number of nitrogens with one attached hydrogen (secondary N) is 1. The van der Waals surface area contributed by atoms with Crippen LogP contribution >= 0.6 is 11.6 Å². The number of aromatic amines is 1. The molecule has 0 saturated carbocycles. The number of aromatic nitrogens is 2. The van der Waals surface area contributed by atoms with Crippen LogP contribution in [-0.4, -0.2) is 21.0 Å². The predicted molar refractivity (Wildman–Crippen MR) is 52.6 cm³/mol. The molecule has 0 aliphatic carbocycles. The summed E-state index contributed by atoms with van der Waals surface area (Å²) in [4.78, 5) is 17.8. The lowest BCUT2D eigenvalue weighted by Crippen LogP contribution is -2.01. The Morgan fingerprint density at radius 3 is 3.00 bits per heavy atom. The van der Waals surface area contributed by atoms with Crippen LogP contribution in [0.25, 0.3) is 11.0 Å². The first-order valence-corrected chi connectivity index (χ1v) is 4.51. The van der Waals surface area contributed by atoms with Crippen LogP contribution in [0.15, 0.2) is 18.5 Å². The van der Waals surface area contributed by atoms with E-state index in [1.807, 2.05) is 0 Å². The molecule has 5 heteroatoms. The fourth-order valence-electron chi connectivity index (χ4n) is 1.40. The second-order valence-electron chi connectivity index (χ2n) is 2.83. The molecule has 4 nitrogen and oxygen atoms in total. The molecule has 1 heterocycles. The van der Waals surface area contributed by atoms with Crippen LogP contribution in [0.3, 0.4) is 0 Å². The molecule has 2 N–H and O–H groups in total. The molecule has 0 radical (unpaired) electrons. The molecule has 0 atom stereocenters. The van der Waals surface area contributed by atoms with Gasteiger partial charge in [-0.15, -0.1) is 11.6 Å². The van der Waals surface area contributed by atoms with E-state index in [4.69, 9.17) is 16.7 Å². The highest BCUT2D eigenvalue weighted by Crippen LogP contribution is 2.21. The van der Waals surface area contributed by atoms with Crippen LogP contribution < -0.4 is 0 Å². The molecule has 0 fully saturated rings. The Labute approximate surface area is 84.5 Å². The van der Waals surface area contributed by atoms with E-state index < -0.39 is 5.97 Å². The van der Waals surface area contributed by atoms with E-state index in [0.717, 1.165) is 5.52 Å². The fraction of sp³-hybridized carbons (Fsp3) is 0.111. The highest BCUT2D eigenvalue weighted by atomic mass is 35.5. The first-order chi connectivity index (χ1) is 6.74. The number of carboxylic acid groups (broad SMARTS) is 1. The van der Waals surface area contributed by atoms with Gasteiger partial charge in [0.05, 0.1) is 28.8 Å². The van der Waals surface area contributed by atoms with Crippen LogP contribution in [0.1, 0.15) is 15.9 Å². The van der Waals surface area contributed by atoms with E-state index in [9.17, 15) is 4.79 Å². The summed E-state index contributed by atoms with van der Waals surface area (Å²) >= 11 is 5.69. The Bertz CT molecular complexity index is 493. The van der Waals surface area contributed by atoms with Crippen molar-refractivity contribution in [3.63, 3.8) is 0 Å². The molecular formula is C9H7ClN2O2. The van der Waals surface area contributed by atoms with Crippen LogP contribution in [-0.2, 0) is 5.88 Å². The van der Waals surface area contributed by atoms with Crippen molar-refractivity contribution in [3.8, 4) is 0 Å². The number of H-pyrrole nitrogens is 1. The Morgan fingerprint density at radius 1 is 1.57 bits per heavy atom. The molecule has 0 saturated heterocycles. The van der Waals surface area contributed by atoms with E-state index >= 15 is 0 Å². The number of fused-ring (bicyclic) bond motifs is 1. The van der Waals surface area contributed by atoms with Gasteiger partial charge in [-0.2, -0.15) is 0 Å². The molecule has 0 aliphatic heterocycles. The third-order valence-corrected chi connectivity index (χ3v) is 2.33. The monoisotopic (exact) mass is 210 g/mol. The number of imidazole rings is 1. The van der Waals surface area contributed by atoms with Crippen molar-refractivity contribution < 1.29 is 9.90 Å².